The van der Waals surface area contributed by atoms with E-state index in [9.17, 15) is 14.9 Å². The summed E-state index contributed by atoms with van der Waals surface area (Å²) in [6.07, 6.45) is 2.07. The van der Waals surface area contributed by atoms with Gasteiger partial charge in [-0.1, -0.05) is 0 Å². The molecule has 1 aliphatic rings. The molecule has 0 atom stereocenters. The summed E-state index contributed by atoms with van der Waals surface area (Å²) in [5.74, 6) is -0.328. The number of carbonyl (C=O) groups is 1. The molecule has 6 heteroatoms. The lowest BCUT2D eigenvalue weighted by molar-refractivity contribution is -0.384. The fourth-order valence-corrected chi connectivity index (χ4v) is 1.54. The predicted octanol–water partition coefficient (Wildman–Crippen LogP) is 1.53. The molecule has 1 aromatic carbocycles. The van der Waals surface area contributed by atoms with Crippen LogP contribution in [0.4, 0.5) is 11.4 Å². The van der Waals surface area contributed by atoms with Crippen LogP contribution in [0.3, 0.4) is 0 Å². The molecular weight excluding hydrogens is 222 g/mol. The number of nitrogens with zero attached hydrogens (tertiary/aromatic N) is 1. The lowest BCUT2D eigenvalue weighted by Gasteiger charge is -2.07. The monoisotopic (exact) mass is 235 g/mol. The largest absolute Gasteiger partial charge is 0.377 e. The molecule has 1 fully saturated rings. The topological polar surface area (TPSA) is 84.3 Å². The average Bonchev–Trinajstić information content (AvgIpc) is 3.12. The highest BCUT2D eigenvalue weighted by Gasteiger charge is 2.25. The Bertz CT molecular complexity index is 469. The van der Waals surface area contributed by atoms with Gasteiger partial charge in [0.25, 0.3) is 11.6 Å². The zero-order valence-corrected chi connectivity index (χ0v) is 9.40. The molecule has 0 spiro atoms. The minimum absolute atomic E-state index is 0.0574. The number of amides is 1. The Morgan fingerprint density at radius 1 is 1.47 bits per heavy atom. The third kappa shape index (κ3) is 2.52. The van der Waals surface area contributed by atoms with Crippen molar-refractivity contribution in [2.45, 2.75) is 18.9 Å². The van der Waals surface area contributed by atoms with Gasteiger partial charge in [-0.3, -0.25) is 14.9 Å². The lowest BCUT2D eigenvalue weighted by atomic mass is 10.1. The van der Waals surface area contributed by atoms with Gasteiger partial charge in [-0.15, -0.1) is 0 Å². The minimum atomic E-state index is -0.475. The van der Waals surface area contributed by atoms with E-state index in [-0.39, 0.29) is 11.6 Å². The van der Waals surface area contributed by atoms with E-state index >= 15 is 0 Å². The number of anilines is 1. The first-order chi connectivity index (χ1) is 8.11. The normalized spacial score (nSPS) is 14.2. The summed E-state index contributed by atoms with van der Waals surface area (Å²) in [5.41, 5.74) is 0.712. The van der Waals surface area contributed by atoms with Gasteiger partial charge in [0.15, 0.2) is 0 Å². The maximum Gasteiger partial charge on any atom is 0.293 e. The summed E-state index contributed by atoms with van der Waals surface area (Å²) in [6, 6.07) is 4.79. The highest BCUT2D eigenvalue weighted by molar-refractivity contribution is 5.95. The number of benzene rings is 1. The second-order valence-electron chi connectivity index (χ2n) is 3.99. The number of nitrogens with one attached hydrogen (secondary N) is 2. The SMILES string of the molecule is CNC(=O)c1ccc(NC2CC2)c([N+](=O)[O-])c1. The van der Waals surface area contributed by atoms with Gasteiger partial charge in [-0.05, 0) is 25.0 Å². The molecule has 0 unspecified atom stereocenters. The van der Waals surface area contributed by atoms with E-state index in [1.807, 2.05) is 0 Å². The van der Waals surface area contributed by atoms with Gasteiger partial charge in [-0.2, -0.15) is 0 Å². The van der Waals surface area contributed by atoms with Crippen LogP contribution in [0.25, 0.3) is 0 Å². The maximum atomic E-state index is 11.4. The lowest BCUT2D eigenvalue weighted by Crippen LogP contribution is -2.18. The third-order valence-electron chi connectivity index (χ3n) is 2.62. The molecule has 0 saturated heterocycles. The molecule has 90 valence electrons. The summed E-state index contributed by atoms with van der Waals surface area (Å²) < 4.78 is 0. The number of carbonyl (C=O) groups excluding carboxylic acids is 1. The summed E-state index contributed by atoms with van der Waals surface area (Å²) >= 11 is 0. The van der Waals surface area contributed by atoms with Crippen LogP contribution in [0.1, 0.15) is 23.2 Å². The molecule has 1 saturated carbocycles. The Balaban J connectivity index is 2.32. The van der Waals surface area contributed by atoms with Crippen LogP contribution in [0.2, 0.25) is 0 Å². The van der Waals surface area contributed by atoms with Crippen molar-refractivity contribution in [3.05, 3.63) is 33.9 Å². The molecule has 0 heterocycles. The van der Waals surface area contributed by atoms with E-state index in [2.05, 4.69) is 10.6 Å². The Morgan fingerprint density at radius 2 is 2.18 bits per heavy atom. The maximum absolute atomic E-state index is 11.4. The summed E-state index contributed by atoms with van der Waals surface area (Å²) in [5, 5.41) is 16.4. The van der Waals surface area contributed by atoms with Crippen molar-refractivity contribution >= 4 is 17.3 Å². The Morgan fingerprint density at radius 3 is 2.71 bits per heavy atom. The number of nitro groups is 1. The quantitative estimate of drug-likeness (QED) is 0.612. The van der Waals surface area contributed by atoms with Gasteiger partial charge in [0.2, 0.25) is 0 Å². The smallest absolute Gasteiger partial charge is 0.293 e. The number of rotatable bonds is 4. The van der Waals surface area contributed by atoms with E-state index in [1.54, 1.807) is 12.1 Å². The van der Waals surface area contributed by atoms with Gasteiger partial charge in [0.05, 0.1) is 4.92 Å². The predicted molar refractivity (Wildman–Crippen MR) is 63.1 cm³/mol. The van der Waals surface area contributed by atoms with Crippen LogP contribution in [-0.2, 0) is 0 Å². The molecule has 2 rings (SSSR count). The van der Waals surface area contributed by atoms with E-state index < -0.39 is 4.92 Å². The van der Waals surface area contributed by atoms with E-state index in [0.29, 0.717) is 17.3 Å². The van der Waals surface area contributed by atoms with Crippen LogP contribution >= 0.6 is 0 Å². The molecule has 0 aliphatic heterocycles. The highest BCUT2D eigenvalue weighted by Crippen LogP contribution is 2.31. The molecular formula is C11H13N3O3. The fourth-order valence-electron chi connectivity index (χ4n) is 1.54. The summed E-state index contributed by atoms with van der Waals surface area (Å²) in [7, 11) is 1.49. The van der Waals surface area contributed by atoms with Crippen molar-refractivity contribution in [1.29, 1.82) is 0 Å². The van der Waals surface area contributed by atoms with Crippen molar-refractivity contribution in [2.75, 3.05) is 12.4 Å². The van der Waals surface area contributed by atoms with Crippen LogP contribution in [0.5, 0.6) is 0 Å². The molecule has 6 nitrogen and oxygen atoms in total. The van der Waals surface area contributed by atoms with Gasteiger partial charge in [0.1, 0.15) is 5.69 Å². The molecule has 0 aromatic heterocycles. The molecule has 0 bridgehead atoms. The van der Waals surface area contributed by atoms with Crippen LogP contribution < -0.4 is 10.6 Å². The molecule has 17 heavy (non-hydrogen) atoms. The van der Waals surface area contributed by atoms with Crippen LogP contribution in [0.15, 0.2) is 18.2 Å². The first kappa shape index (κ1) is 11.4. The van der Waals surface area contributed by atoms with E-state index in [1.165, 1.54) is 13.1 Å². The Hall–Kier alpha value is -2.11. The van der Waals surface area contributed by atoms with Gasteiger partial charge in [-0.25, -0.2) is 0 Å². The molecule has 1 aromatic rings. The minimum Gasteiger partial charge on any atom is -0.377 e. The van der Waals surface area contributed by atoms with Gasteiger partial charge in [0, 0.05) is 24.7 Å². The fraction of sp³-hybridized carbons (Fsp3) is 0.364. The van der Waals surface area contributed by atoms with Crippen molar-refractivity contribution in [1.82, 2.24) is 5.32 Å². The van der Waals surface area contributed by atoms with E-state index in [4.69, 9.17) is 0 Å². The van der Waals surface area contributed by atoms with Crippen molar-refractivity contribution in [2.24, 2.45) is 0 Å². The molecule has 2 N–H and O–H groups in total. The molecule has 1 aliphatic carbocycles. The first-order valence-electron chi connectivity index (χ1n) is 5.39. The van der Waals surface area contributed by atoms with Crippen molar-refractivity contribution < 1.29 is 9.72 Å². The first-order valence-corrected chi connectivity index (χ1v) is 5.39. The summed E-state index contributed by atoms with van der Waals surface area (Å²) in [4.78, 5) is 21.8. The third-order valence-corrected chi connectivity index (χ3v) is 2.62. The van der Waals surface area contributed by atoms with Gasteiger partial charge < -0.3 is 10.6 Å². The standard InChI is InChI=1S/C11H13N3O3/c1-12-11(15)7-2-5-9(13-8-3-4-8)10(6-7)14(16)17/h2,5-6,8,13H,3-4H2,1H3,(H,12,15). The Kier molecular flexibility index (Phi) is 2.95. The number of nitro benzene ring substituents is 1. The molecule has 1 amide bonds. The molecule has 0 radical (unpaired) electrons. The zero-order chi connectivity index (χ0) is 12.4. The van der Waals surface area contributed by atoms with Gasteiger partial charge >= 0.3 is 0 Å². The van der Waals surface area contributed by atoms with Crippen molar-refractivity contribution in [3.8, 4) is 0 Å². The number of hydrogen-bond acceptors (Lipinski definition) is 4. The Labute approximate surface area is 98.2 Å². The second kappa shape index (κ2) is 4.40. The highest BCUT2D eigenvalue weighted by atomic mass is 16.6. The zero-order valence-electron chi connectivity index (χ0n) is 9.40. The second-order valence-corrected chi connectivity index (χ2v) is 3.99. The van der Waals surface area contributed by atoms with Crippen LogP contribution in [0, 0.1) is 10.1 Å². The number of hydrogen-bond donors (Lipinski definition) is 2. The van der Waals surface area contributed by atoms with Crippen molar-refractivity contribution in [3.63, 3.8) is 0 Å². The van der Waals surface area contributed by atoms with E-state index in [0.717, 1.165) is 12.8 Å². The van der Waals surface area contributed by atoms with Crippen LogP contribution in [-0.4, -0.2) is 23.9 Å². The average molecular weight is 235 g/mol. The summed E-state index contributed by atoms with van der Waals surface area (Å²) in [6.45, 7) is 0.